The number of hydrogen-bond donors (Lipinski definition) is 1. The Hall–Kier alpha value is -3.29. The summed E-state index contributed by atoms with van der Waals surface area (Å²) < 4.78 is 31.6. The van der Waals surface area contributed by atoms with Gasteiger partial charge in [-0.25, -0.2) is 8.78 Å². The van der Waals surface area contributed by atoms with Crippen molar-refractivity contribution in [3.8, 4) is 0 Å². The molecule has 1 N–H and O–H groups in total. The molecule has 1 fully saturated rings. The Morgan fingerprint density at radius 1 is 1.21 bits per heavy atom. The number of anilines is 1. The number of rotatable bonds is 6. The van der Waals surface area contributed by atoms with Crippen LogP contribution in [0.2, 0.25) is 0 Å². The second-order valence-electron chi connectivity index (χ2n) is 6.81. The van der Waals surface area contributed by atoms with Crippen molar-refractivity contribution >= 4 is 23.5 Å². The Balaban J connectivity index is 1.53. The van der Waals surface area contributed by atoms with Crippen LogP contribution in [0.1, 0.15) is 24.9 Å². The second kappa shape index (κ2) is 8.81. The van der Waals surface area contributed by atoms with E-state index in [2.05, 4.69) is 5.32 Å². The number of hydrogen-bond acceptors (Lipinski definition) is 4. The molecule has 152 valence electrons. The topological polar surface area (TPSA) is 75.7 Å². The van der Waals surface area contributed by atoms with Crippen LogP contribution in [0.3, 0.4) is 0 Å². The number of esters is 1. The van der Waals surface area contributed by atoms with Crippen molar-refractivity contribution in [1.82, 2.24) is 4.90 Å². The van der Waals surface area contributed by atoms with Crippen molar-refractivity contribution in [3.05, 3.63) is 65.7 Å². The van der Waals surface area contributed by atoms with Gasteiger partial charge < -0.3 is 15.0 Å². The van der Waals surface area contributed by atoms with Crippen LogP contribution in [-0.4, -0.2) is 35.8 Å². The third-order valence-electron chi connectivity index (χ3n) is 4.79. The maximum absolute atomic E-state index is 13.5. The number of carbonyl (C=O) groups excluding carboxylic acids is 3. The third-order valence-corrected chi connectivity index (χ3v) is 4.79. The van der Waals surface area contributed by atoms with Crippen LogP contribution in [0, 0.1) is 17.6 Å². The van der Waals surface area contributed by atoms with Gasteiger partial charge in [-0.2, -0.15) is 0 Å². The molecule has 8 heteroatoms. The molecule has 29 heavy (non-hydrogen) atoms. The molecule has 0 aromatic heterocycles. The highest BCUT2D eigenvalue weighted by atomic mass is 19.1. The van der Waals surface area contributed by atoms with Crippen LogP contribution in [-0.2, 0) is 19.1 Å². The molecule has 0 aliphatic carbocycles. The fourth-order valence-electron chi connectivity index (χ4n) is 3.21. The van der Waals surface area contributed by atoms with Gasteiger partial charge in [0.2, 0.25) is 5.91 Å². The van der Waals surface area contributed by atoms with Gasteiger partial charge in [-0.3, -0.25) is 14.4 Å². The van der Waals surface area contributed by atoms with E-state index in [1.165, 1.54) is 0 Å². The Kier molecular flexibility index (Phi) is 6.21. The van der Waals surface area contributed by atoms with Crippen LogP contribution in [0.15, 0.2) is 48.5 Å². The first kappa shape index (κ1) is 20.4. The predicted molar refractivity (Wildman–Crippen MR) is 101 cm³/mol. The van der Waals surface area contributed by atoms with Crippen molar-refractivity contribution in [2.75, 3.05) is 18.5 Å². The molecule has 0 radical (unpaired) electrons. The molecule has 2 aromatic carbocycles. The lowest BCUT2D eigenvalue weighted by Gasteiger charge is -2.25. The summed E-state index contributed by atoms with van der Waals surface area (Å²) in [5.41, 5.74) is 0.608. The smallest absolute Gasteiger partial charge is 0.311 e. The number of nitrogens with one attached hydrogen (secondary N) is 1. The monoisotopic (exact) mass is 402 g/mol. The SMILES string of the molecule is C[C@H](c1ccccc1)N1C[C@@H](C(=O)OCC(=O)Nc2cc(F)ccc2F)CC1=O. The standard InChI is InChI=1S/C21H20F2N2O4/c1-13(14-5-3-2-4-6-14)25-11-15(9-20(25)27)21(28)29-12-19(26)24-18-10-16(22)7-8-17(18)23/h2-8,10,13,15H,9,11-12H2,1H3,(H,24,26)/t13-,15+/m1/s1. The summed E-state index contributed by atoms with van der Waals surface area (Å²) in [7, 11) is 0. The molecule has 1 heterocycles. The van der Waals surface area contributed by atoms with Gasteiger partial charge >= 0.3 is 5.97 Å². The van der Waals surface area contributed by atoms with E-state index in [1.807, 2.05) is 37.3 Å². The summed E-state index contributed by atoms with van der Waals surface area (Å²) in [5.74, 6) is -3.87. The number of halogens is 2. The number of carbonyl (C=O) groups is 3. The minimum atomic E-state index is -0.807. The quantitative estimate of drug-likeness (QED) is 0.754. The highest BCUT2D eigenvalue weighted by molar-refractivity contribution is 5.93. The number of benzene rings is 2. The van der Waals surface area contributed by atoms with Gasteiger partial charge in [0.25, 0.3) is 5.91 Å². The molecule has 0 saturated carbocycles. The number of amides is 2. The van der Waals surface area contributed by atoms with Crippen molar-refractivity contribution in [2.24, 2.45) is 5.92 Å². The summed E-state index contributed by atoms with van der Waals surface area (Å²) in [6.45, 7) is 1.41. The van der Waals surface area contributed by atoms with Crippen molar-refractivity contribution in [2.45, 2.75) is 19.4 Å². The van der Waals surface area contributed by atoms with E-state index in [1.54, 1.807) is 4.90 Å². The third kappa shape index (κ3) is 4.96. The maximum Gasteiger partial charge on any atom is 0.311 e. The minimum Gasteiger partial charge on any atom is -0.455 e. The van der Waals surface area contributed by atoms with Gasteiger partial charge in [0, 0.05) is 19.0 Å². The first-order chi connectivity index (χ1) is 13.8. The van der Waals surface area contributed by atoms with E-state index in [0.717, 1.165) is 23.8 Å². The summed E-state index contributed by atoms with van der Waals surface area (Å²) in [4.78, 5) is 38.0. The number of nitrogens with zero attached hydrogens (tertiary/aromatic N) is 1. The van der Waals surface area contributed by atoms with E-state index in [0.29, 0.717) is 0 Å². The van der Waals surface area contributed by atoms with Gasteiger partial charge in [-0.1, -0.05) is 30.3 Å². The van der Waals surface area contributed by atoms with Crippen LogP contribution in [0.25, 0.3) is 0 Å². The number of ether oxygens (including phenoxy) is 1. The van der Waals surface area contributed by atoms with E-state index in [4.69, 9.17) is 4.74 Å². The first-order valence-corrected chi connectivity index (χ1v) is 9.11. The van der Waals surface area contributed by atoms with Crippen molar-refractivity contribution in [1.29, 1.82) is 0 Å². The molecule has 0 spiro atoms. The lowest BCUT2D eigenvalue weighted by atomic mass is 10.1. The normalized spacial score (nSPS) is 17.1. The van der Waals surface area contributed by atoms with Crippen molar-refractivity contribution < 1.29 is 27.9 Å². The molecule has 1 saturated heterocycles. The summed E-state index contributed by atoms with van der Waals surface area (Å²) in [6.07, 6.45) is -0.00382. The van der Waals surface area contributed by atoms with Gasteiger partial charge in [-0.05, 0) is 24.6 Å². The maximum atomic E-state index is 13.5. The first-order valence-electron chi connectivity index (χ1n) is 9.11. The second-order valence-corrected chi connectivity index (χ2v) is 6.81. The van der Waals surface area contributed by atoms with Crippen LogP contribution >= 0.6 is 0 Å². The molecule has 2 aromatic rings. The van der Waals surface area contributed by atoms with Crippen LogP contribution < -0.4 is 5.32 Å². The highest BCUT2D eigenvalue weighted by Gasteiger charge is 2.38. The van der Waals surface area contributed by atoms with E-state index in [9.17, 15) is 23.2 Å². The molecule has 3 rings (SSSR count). The van der Waals surface area contributed by atoms with E-state index in [-0.39, 0.29) is 30.6 Å². The zero-order valence-corrected chi connectivity index (χ0v) is 15.7. The Bertz CT molecular complexity index is 920. The molecule has 2 amide bonds. The van der Waals surface area contributed by atoms with Crippen LogP contribution in [0.5, 0.6) is 0 Å². The molecule has 1 aliphatic rings. The number of likely N-dealkylation sites (tertiary alicyclic amines) is 1. The molecule has 2 atom stereocenters. The van der Waals surface area contributed by atoms with Crippen LogP contribution in [0.4, 0.5) is 14.5 Å². The fourth-order valence-corrected chi connectivity index (χ4v) is 3.21. The molecule has 6 nitrogen and oxygen atoms in total. The lowest BCUT2D eigenvalue weighted by Crippen LogP contribution is -2.30. The Morgan fingerprint density at radius 3 is 2.66 bits per heavy atom. The zero-order chi connectivity index (χ0) is 21.0. The average molecular weight is 402 g/mol. The Morgan fingerprint density at radius 2 is 1.93 bits per heavy atom. The molecule has 0 unspecified atom stereocenters. The average Bonchev–Trinajstić information content (AvgIpc) is 3.10. The van der Waals surface area contributed by atoms with Gasteiger partial charge in [0.15, 0.2) is 6.61 Å². The highest BCUT2D eigenvalue weighted by Crippen LogP contribution is 2.29. The summed E-state index contributed by atoms with van der Waals surface area (Å²) >= 11 is 0. The molecule has 0 bridgehead atoms. The molecular weight excluding hydrogens is 382 g/mol. The Labute approximate surface area is 166 Å². The minimum absolute atomic E-state index is 0.00382. The van der Waals surface area contributed by atoms with Gasteiger partial charge in [0.1, 0.15) is 11.6 Å². The molecular formula is C21H20F2N2O4. The zero-order valence-electron chi connectivity index (χ0n) is 15.7. The lowest BCUT2D eigenvalue weighted by molar-refractivity contribution is -0.151. The van der Waals surface area contributed by atoms with E-state index >= 15 is 0 Å². The van der Waals surface area contributed by atoms with Gasteiger partial charge in [0.05, 0.1) is 17.6 Å². The van der Waals surface area contributed by atoms with Gasteiger partial charge in [-0.15, -0.1) is 0 Å². The van der Waals surface area contributed by atoms with E-state index < -0.39 is 36.0 Å². The summed E-state index contributed by atoms with van der Waals surface area (Å²) in [5, 5.41) is 2.15. The summed E-state index contributed by atoms with van der Waals surface area (Å²) in [6, 6.07) is 11.9. The molecule has 1 aliphatic heterocycles. The fraction of sp³-hybridized carbons (Fsp3) is 0.286. The van der Waals surface area contributed by atoms with Crippen molar-refractivity contribution in [3.63, 3.8) is 0 Å². The predicted octanol–water partition coefficient (Wildman–Crippen LogP) is 3.06. The largest absolute Gasteiger partial charge is 0.455 e.